The normalized spacial score (nSPS) is 12.4. The number of amides is 1. The number of nitrogens with one attached hydrogen (secondary N) is 1. The number of hydrogen-bond acceptors (Lipinski definition) is 3. The molecule has 118 valence electrons. The van der Waals surface area contributed by atoms with E-state index in [-0.39, 0.29) is 17.8 Å². The molecular weight excluding hydrogens is 300 g/mol. The molecule has 2 aromatic rings. The summed E-state index contributed by atoms with van der Waals surface area (Å²) in [6.07, 6.45) is 5.44. The maximum atomic E-state index is 11.3. The molecule has 0 aliphatic rings. The number of carbonyl (C=O) groups excluding carboxylic acids is 1. The lowest BCUT2D eigenvalue weighted by atomic mass is 9.89. The van der Waals surface area contributed by atoms with Crippen LogP contribution in [0.4, 0.5) is 5.69 Å². The Bertz CT molecular complexity index is 579. The van der Waals surface area contributed by atoms with Crippen molar-refractivity contribution in [3.05, 3.63) is 42.5 Å². The van der Waals surface area contributed by atoms with Crippen molar-refractivity contribution in [1.29, 1.82) is 0 Å². The first-order valence-corrected chi connectivity index (χ1v) is 8.02. The molecule has 22 heavy (non-hydrogen) atoms. The minimum absolute atomic E-state index is 0.0446. The summed E-state index contributed by atoms with van der Waals surface area (Å²) in [4.78, 5) is 15.4. The van der Waals surface area contributed by atoms with Crippen molar-refractivity contribution in [1.82, 2.24) is 14.8 Å². The predicted octanol–water partition coefficient (Wildman–Crippen LogP) is 3.48. The van der Waals surface area contributed by atoms with E-state index in [1.165, 1.54) is 0 Å². The summed E-state index contributed by atoms with van der Waals surface area (Å²) in [5.74, 6) is 0.226. The lowest BCUT2D eigenvalue weighted by molar-refractivity contribution is -0.113. The minimum atomic E-state index is -0.206. The summed E-state index contributed by atoms with van der Waals surface area (Å²) in [5.41, 5.74) is 1.90. The zero-order valence-corrected chi connectivity index (χ0v) is 13.6. The average molecular weight is 321 g/mol. The van der Waals surface area contributed by atoms with Gasteiger partial charge in [0.05, 0.1) is 6.04 Å². The van der Waals surface area contributed by atoms with Crippen molar-refractivity contribution >= 4 is 23.2 Å². The second-order valence-corrected chi connectivity index (χ2v) is 5.47. The Balaban J connectivity index is 2.26. The maximum Gasteiger partial charge on any atom is 0.239 e. The van der Waals surface area contributed by atoms with Crippen LogP contribution in [-0.2, 0) is 4.79 Å². The molecule has 5 nitrogen and oxygen atoms in total. The lowest BCUT2D eigenvalue weighted by Crippen LogP contribution is -2.20. The molecule has 1 aromatic carbocycles. The summed E-state index contributed by atoms with van der Waals surface area (Å²) >= 11 is 5.50. The summed E-state index contributed by atoms with van der Waals surface area (Å²) in [6.45, 7) is 4.38. The largest absolute Gasteiger partial charge is 0.325 e. The van der Waals surface area contributed by atoms with Gasteiger partial charge in [-0.3, -0.25) is 4.79 Å². The van der Waals surface area contributed by atoms with Crippen molar-refractivity contribution in [3.8, 4) is 0 Å². The standard InChI is InChI=1S/C16H21ClN4O/c1-3-12(4-2)16(21-11-18-10-19-21)13-5-7-14(8-6-13)20-15(22)9-17/h5-8,10-12,16H,3-4,9H2,1-2H3,(H,20,22). The molecule has 0 radical (unpaired) electrons. The van der Waals surface area contributed by atoms with E-state index in [2.05, 4.69) is 29.2 Å². The number of alkyl halides is 1. The number of rotatable bonds is 7. The monoisotopic (exact) mass is 320 g/mol. The highest BCUT2D eigenvalue weighted by molar-refractivity contribution is 6.29. The van der Waals surface area contributed by atoms with Gasteiger partial charge in [-0.1, -0.05) is 38.8 Å². The van der Waals surface area contributed by atoms with E-state index in [9.17, 15) is 4.79 Å². The van der Waals surface area contributed by atoms with Gasteiger partial charge in [-0.15, -0.1) is 11.6 Å². The van der Waals surface area contributed by atoms with Gasteiger partial charge < -0.3 is 5.32 Å². The third-order valence-electron chi connectivity index (χ3n) is 3.87. The average Bonchev–Trinajstić information content (AvgIpc) is 3.07. The summed E-state index contributed by atoms with van der Waals surface area (Å²) < 4.78 is 1.91. The van der Waals surface area contributed by atoms with Crippen molar-refractivity contribution in [2.24, 2.45) is 5.92 Å². The fraction of sp³-hybridized carbons (Fsp3) is 0.438. The van der Waals surface area contributed by atoms with E-state index >= 15 is 0 Å². The van der Waals surface area contributed by atoms with Crippen LogP contribution in [0, 0.1) is 5.92 Å². The van der Waals surface area contributed by atoms with Gasteiger partial charge in [0, 0.05) is 5.69 Å². The number of aromatic nitrogens is 3. The number of hydrogen-bond donors (Lipinski definition) is 1. The Kier molecular flexibility index (Phi) is 5.95. The molecule has 1 heterocycles. The number of anilines is 1. The molecule has 1 amide bonds. The van der Waals surface area contributed by atoms with Gasteiger partial charge >= 0.3 is 0 Å². The minimum Gasteiger partial charge on any atom is -0.325 e. The molecule has 0 saturated heterocycles. The van der Waals surface area contributed by atoms with Gasteiger partial charge in [-0.2, -0.15) is 5.10 Å². The Hall–Kier alpha value is -1.88. The first-order chi connectivity index (χ1) is 10.7. The Morgan fingerprint density at radius 2 is 1.95 bits per heavy atom. The third-order valence-corrected chi connectivity index (χ3v) is 4.12. The van der Waals surface area contributed by atoms with Crippen LogP contribution in [0.2, 0.25) is 0 Å². The molecule has 2 rings (SSSR count). The predicted molar refractivity (Wildman–Crippen MR) is 88.0 cm³/mol. The lowest BCUT2D eigenvalue weighted by Gasteiger charge is -2.26. The number of halogens is 1. The number of nitrogens with zero attached hydrogens (tertiary/aromatic N) is 3. The van der Waals surface area contributed by atoms with Crippen LogP contribution in [0.5, 0.6) is 0 Å². The molecular formula is C16H21ClN4O. The summed E-state index contributed by atoms with van der Waals surface area (Å²) in [7, 11) is 0. The van der Waals surface area contributed by atoms with Crippen LogP contribution >= 0.6 is 11.6 Å². The molecule has 0 spiro atoms. The highest BCUT2D eigenvalue weighted by Gasteiger charge is 2.23. The molecule has 0 bridgehead atoms. The Morgan fingerprint density at radius 3 is 2.45 bits per heavy atom. The number of carbonyl (C=O) groups is 1. The van der Waals surface area contributed by atoms with Gasteiger partial charge in [0.15, 0.2) is 0 Å². The van der Waals surface area contributed by atoms with E-state index in [4.69, 9.17) is 11.6 Å². The highest BCUT2D eigenvalue weighted by Crippen LogP contribution is 2.31. The van der Waals surface area contributed by atoms with Crippen LogP contribution in [-0.4, -0.2) is 26.6 Å². The Morgan fingerprint density at radius 1 is 1.27 bits per heavy atom. The maximum absolute atomic E-state index is 11.3. The smallest absolute Gasteiger partial charge is 0.239 e. The molecule has 0 saturated carbocycles. The van der Waals surface area contributed by atoms with E-state index in [0.717, 1.165) is 24.1 Å². The van der Waals surface area contributed by atoms with Gasteiger partial charge in [-0.25, -0.2) is 9.67 Å². The Labute approximate surface area is 135 Å². The quantitative estimate of drug-likeness (QED) is 0.794. The molecule has 1 aromatic heterocycles. The van der Waals surface area contributed by atoms with E-state index in [1.807, 2.05) is 28.9 Å². The van der Waals surface area contributed by atoms with Crippen molar-refractivity contribution < 1.29 is 4.79 Å². The topological polar surface area (TPSA) is 59.8 Å². The molecule has 0 aliphatic heterocycles. The second kappa shape index (κ2) is 7.94. The highest BCUT2D eigenvalue weighted by atomic mass is 35.5. The van der Waals surface area contributed by atoms with E-state index in [1.54, 1.807) is 12.7 Å². The molecule has 0 fully saturated rings. The molecule has 0 aliphatic carbocycles. The number of benzene rings is 1. The van der Waals surface area contributed by atoms with Crippen LogP contribution < -0.4 is 5.32 Å². The van der Waals surface area contributed by atoms with Gasteiger partial charge in [0.2, 0.25) is 5.91 Å². The SMILES string of the molecule is CCC(CC)C(c1ccc(NC(=O)CCl)cc1)n1cncn1. The summed E-state index contributed by atoms with van der Waals surface area (Å²) in [6, 6.07) is 7.98. The van der Waals surface area contributed by atoms with Gasteiger partial charge in [0.1, 0.15) is 18.5 Å². The molecule has 1 unspecified atom stereocenters. The third kappa shape index (κ3) is 3.85. The fourth-order valence-electron chi connectivity index (χ4n) is 2.70. The first-order valence-electron chi connectivity index (χ1n) is 7.49. The van der Waals surface area contributed by atoms with Crippen LogP contribution in [0.15, 0.2) is 36.9 Å². The molecule has 1 atom stereocenters. The zero-order valence-electron chi connectivity index (χ0n) is 12.9. The molecule has 1 N–H and O–H groups in total. The van der Waals surface area contributed by atoms with Crippen LogP contribution in [0.3, 0.4) is 0 Å². The van der Waals surface area contributed by atoms with E-state index in [0.29, 0.717) is 5.92 Å². The first kappa shape index (κ1) is 16.5. The second-order valence-electron chi connectivity index (χ2n) is 5.20. The van der Waals surface area contributed by atoms with Gasteiger partial charge in [0.25, 0.3) is 0 Å². The van der Waals surface area contributed by atoms with Crippen LogP contribution in [0.1, 0.15) is 38.3 Å². The van der Waals surface area contributed by atoms with Crippen LogP contribution in [0.25, 0.3) is 0 Å². The van der Waals surface area contributed by atoms with E-state index < -0.39 is 0 Å². The molecule has 6 heteroatoms. The van der Waals surface area contributed by atoms with Crippen molar-refractivity contribution in [2.45, 2.75) is 32.7 Å². The van der Waals surface area contributed by atoms with Crippen molar-refractivity contribution in [3.63, 3.8) is 0 Å². The van der Waals surface area contributed by atoms with Gasteiger partial charge in [-0.05, 0) is 23.6 Å². The zero-order chi connectivity index (χ0) is 15.9. The summed E-state index contributed by atoms with van der Waals surface area (Å²) in [5, 5.41) is 7.06. The fourth-order valence-corrected chi connectivity index (χ4v) is 2.76. The van der Waals surface area contributed by atoms with Crippen molar-refractivity contribution in [2.75, 3.05) is 11.2 Å².